The zero-order chi connectivity index (χ0) is 19.8. The summed E-state index contributed by atoms with van der Waals surface area (Å²) in [6, 6.07) is 31.7. The number of hydrogen-bond donors (Lipinski definition) is 0. The van der Waals surface area contributed by atoms with E-state index in [-0.39, 0.29) is 5.41 Å². The minimum atomic E-state index is 0.105. The SMILES string of the molecule is CC(C)(C)c1ccccc1-c1cc2c3c(c1)-c1ccccc1B3c1ccccc1-2. The Morgan fingerprint density at radius 1 is 0.552 bits per heavy atom. The lowest BCUT2D eigenvalue weighted by molar-refractivity contribution is 0.592. The predicted octanol–water partition coefficient (Wildman–Crippen LogP) is 5.13. The van der Waals surface area contributed by atoms with Crippen LogP contribution in [-0.2, 0) is 5.41 Å². The number of benzene rings is 4. The Bertz CT molecular complexity index is 1220. The van der Waals surface area contributed by atoms with Gasteiger partial charge >= 0.3 is 0 Å². The van der Waals surface area contributed by atoms with Gasteiger partial charge in [0.2, 0.25) is 6.71 Å². The van der Waals surface area contributed by atoms with Crippen molar-refractivity contribution in [1.29, 1.82) is 0 Å². The van der Waals surface area contributed by atoms with Crippen LogP contribution < -0.4 is 16.4 Å². The van der Waals surface area contributed by atoms with Crippen LogP contribution in [0, 0.1) is 0 Å². The summed E-state index contributed by atoms with van der Waals surface area (Å²) < 4.78 is 0. The van der Waals surface area contributed by atoms with Gasteiger partial charge < -0.3 is 0 Å². The second-order valence-electron chi connectivity index (χ2n) is 9.39. The van der Waals surface area contributed by atoms with Gasteiger partial charge in [-0.25, -0.2) is 0 Å². The Kier molecular flexibility index (Phi) is 3.33. The first-order valence-electron chi connectivity index (χ1n) is 10.5. The number of fused-ring (bicyclic) bond motifs is 6. The van der Waals surface area contributed by atoms with Crippen LogP contribution in [0.3, 0.4) is 0 Å². The summed E-state index contributed by atoms with van der Waals surface area (Å²) >= 11 is 0. The van der Waals surface area contributed by atoms with E-state index in [0.29, 0.717) is 6.71 Å². The first-order chi connectivity index (χ1) is 14.0. The molecule has 2 heterocycles. The van der Waals surface area contributed by atoms with E-state index in [1.54, 1.807) is 0 Å². The molecule has 0 bridgehead atoms. The molecule has 0 aromatic heterocycles. The maximum absolute atomic E-state index is 2.44. The van der Waals surface area contributed by atoms with E-state index in [4.69, 9.17) is 0 Å². The molecule has 0 nitrogen and oxygen atoms in total. The van der Waals surface area contributed by atoms with Crippen molar-refractivity contribution in [2.24, 2.45) is 0 Å². The van der Waals surface area contributed by atoms with Crippen LogP contribution in [0.15, 0.2) is 84.9 Å². The molecule has 4 aromatic rings. The molecule has 2 aliphatic heterocycles. The van der Waals surface area contributed by atoms with Crippen LogP contribution in [0.4, 0.5) is 0 Å². The van der Waals surface area contributed by atoms with Gasteiger partial charge in [0, 0.05) is 0 Å². The molecule has 1 heteroatoms. The molecule has 6 rings (SSSR count). The first-order valence-corrected chi connectivity index (χ1v) is 10.5. The molecule has 0 saturated heterocycles. The number of rotatable bonds is 1. The van der Waals surface area contributed by atoms with Gasteiger partial charge in [-0.2, -0.15) is 0 Å². The van der Waals surface area contributed by atoms with Crippen molar-refractivity contribution < 1.29 is 0 Å². The third-order valence-corrected chi connectivity index (χ3v) is 6.64. The lowest BCUT2D eigenvalue weighted by Gasteiger charge is -2.24. The average molecular weight is 370 g/mol. The second-order valence-corrected chi connectivity index (χ2v) is 9.39. The highest BCUT2D eigenvalue weighted by Crippen LogP contribution is 2.40. The van der Waals surface area contributed by atoms with Crippen LogP contribution in [0.5, 0.6) is 0 Å². The Morgan fingerprint density at radius 3 is 1.59 bits per heavy atom. The molecule has 0 aliphatic carbocycles. The second kappa shape index (κ2) is 5.73. The van der Waals surface area contributed by atoms with Crippen molar-refractivity contribution in [3.8, 4) is 33.4 Å². The van der Waals surface area contributed by atoms with Crippen molar-refractivity contribution in [2.75, 3.05) is 0 Å². The van der Waals surface area contributed by atoms with Crippen molar-refractivity contribution in [3.63, 3.8) is 0 Å². The molecule has 0 fully saturated rings. The zero-order valence-corrected chi connectivity index (χ0v) is 17.2. The summed E-state index contributed by atoms with van der Waals surface area (Å²) in [5, 5.41) is 0. The van der Waals surface area contributed by atoms with Crippen LogP contribution in [-0.4, -0.2) is 6.71 Å². The first kappa shape index (κ1) is 16.9. The maximum Gasteiger partial charge on any atom is 0.244 e. The highest BCUT2D eigenvalue weighted by molar-refractivity contribution is 7.02. The van der Waals surface area contributed by atoms with Crippen molar-refractivity contribution >= 4 is 23.1 Å². The fourth-order valence-corrected chi connectivity index (χ4v) is 5.42. The molecule has 0 amide bonds. The molecular formula is C28H23B. The fraction of sp³-hybridized carbons (Fsp3) is 0.143. The minimum absolute atomic E-state index is 0.105. The smallest absolute Gasteiger partial charge is 0.0664 e. The lowest BCUT2D eigenvalue weighted by atomic mass is 9.41. The Balaban J connectivity index is 1.70. The molecule has 0 radical (unpaired) electrons. The van der Waals surface area contributed by atoms with E-state index in [1.165, 1.54) is 55.3 Å². The van der Waals surface area contributed by atoms with Crippen LogP contribution in [0.25, 0.3) is 33.4 Å². The minimum Gasteiger partial charge on any atom is -0.0664 e. The van der Waals surface area contributed by atoms with Gasteiger partial charge in [-0.1, -0.05) is 110 Å². The molecule has 4 aromatic carbocycles. The van der Waals surface area contributed by atoms with Gasteiger partial charge in [-0.15, -0.1) is 0 Å². The van der Waals surface area contributed by atoms with E-state index in [9.17, 15) is 0 Å². The summed E-state index contributed by atoms with van der Waals surface area (Å²) in [6.07, 6.45) is 0. The van der Waals surface area contributed by atoms with Gasteiger partial charge in [0.15, 0.2) is 0 Å². The predicted molar refractivity (Wildman–Crippen MR) is 126 cm³/mol. The summed E-state index contributed by atoms with van der Waals surface area (Å²) in [5.74, 6) is 0. The Hall–Kier alpha value is -3.06. The summed E-state index contributed by atoms with van der Waals surface area (Å²) in [7, 11) is 0. The highest BCUT2D eigenvalue weighted by Gasteiger charge is 2.41. The Morgan fingerprint density at radius 2 is 1.03 bits per heavy atom. The Labute approximate surface area is 173 Å². The van der Waals surface area contributed by atoms with Crippen molar-refractivity contribution in [2.45, 2.75) is 26.2 Å². The molecule has 0 N–H and O–H groups in total. The molecule has 0 unspecified atom stereocenters. The molecule has 138 valence electrons. The third kappa shape index (κ3) is 2.28. The molecule has 0 atom stereocenters. The van der Waals surface area contributed by atoms with Crippen molar-refractivity contribution in [3.05, 3.63) is 90.5 Å². The van der Waals surface area contributed by atoms with E-state index in [0.717, 1.165) is 0 Å². The van der Waals surface area contributed by atoms with Gasteiger partial charge in [-0.05, 0) is 56.5 Å². The van der Waals surface area contributed by atoms with E-state index < -0.39 is 0 Å². The van der Waals surface area contributed by atoms with Gasteiger partial charge in [-0.3, -0.25) is 0 Å². The van der Waals surface area contributed by atoms with E-state index in [1.807, 2.05) is 0 Å². The zero-order valence-electron chi connectivity index (χ0n) is 17.2. The molecule has 0 saturated carbocycles. The third-order valence-electron chi connectivity index (χ3n) is 6.64. The van der Waals surface area contributed by atoms with Crippen LogP contribution in [0.1, 0.15) is 26.3 Å². The average Bonchev–Trinajstić information content (AvgIpc) is 3.24. The van der Waals surface area contributed by atoms with Crippen LogP contribution >= 0.6 is 0 Å². The molecule has 0 spiro atoms. The van der Waals surface area contributed by atoms with E-state index in [2.05, 4.69) is 106 Å². The monoisotopic (exact) mass is 370 g/mol. The highest BCUT2D eigenvalue weighted by atomic mass is 14.3. The maximum atomic E-state index is 2.44. The molecular weight excluding hydrogens is 347 g/mol. The molecule has 2 aliphatic rings. The van der Waals surface area contributed by atoms with Gasteiger partial charge in [0.25, 0.3) is 0 Å². The standard InChI is InChI=1S/C28H23B/c1-28(2,3)24-13-7-4-10-19(24)18-16-22-20-11-5-8-14-25(20)29-26-15-9-6-12-21(26)23(17-18)27(22)29/h4-17H,1-3H3. The number of hydrogen-bond acceptors (Lipinski definition) is 0. The summed E-state index contributed by atoms with van der Waals surface area (Å²) in [5.41, 5.74) is 14.2. The quantitative estimate of drug-likeness (QED) is 0.352. The lowest BCUT2D eigenvalue weighted by Crippen LogP contribution is -2.45. The van der Waals surface area contributed by atoms with Gasteiger partial charge in [0.05, 0.1) is 0 Å². The van der Waals surface area contributed by atoms with E-state index >= 15 is 0 Å². The van der Waals surface area contributed by atoms with Crippen molar-refractivity contribution in [1.82, 2.24) is 0 Å². The molecule has 29 heavy (non-hydrogen) atoms. The van der Waals surface area contributed by atoms with Gasteiger partial charge in [0.1, 0.15) is 0 Å². The topological polar surface area (TPSA) is 0 Å². The normalized spacial score (nSPS) is 13.3. The summed E-state index contributed by atoms with van der Waals surface area (Å²) in [6.45, 7) is 7.30. The largest absolute Gasteiger partial charge is 0.244 e. The van der Waals surface area contributed by atoms with Crippen LogP contribution in [0.2, 0.25) is 0 Å². The summed E-state index contributed by atoms with van der Waals surface area (Å²) in [4.78, 5) is 0. The fourth-order valence-electron chi connectivity index (χ4n) is 5.42.